The van der Waals surface area contributed by atoms with Crippen LogP contribution in [0.4, 0.5) is 0 Å². The van der Waals surface area contributed by atoms with Crippen LogP contribution in [0.15, 0.2) is 0 Å². The summed E-state index contributed by atoms with van der Waals surface area (Å²) < 4.78 is 16.5. The summed E-state index contributed by atoms with van der Waals surface area (Å²) in [5, 5.41) is 3.30. The first-order valence-corrected chi connectivity index (χ1v) is 4.70. The zero-order valence-corrected chi connectivity index (χ0v) is 8.37. The van der Waals surface area contributed by atoms with Crippen molar-refractivity contribution >= 4 is 0 Å². The Morgan fingerprint density at radius 1 is 1.46 bits per heavy atom. The molecule has 0 saturated carbocycles. The van der Waals surface area contributed by atoms with Crippen molar-refractivity contribution in [2.75, 3.05) is 20.3 Å². The van der Waals surface area contributed by atoms with Crippen LogP contribution in [-0.2, 0) is 14.2 Å². The summed E-state index contributed by atoms with van der Waals surface area (Å²) in [5.74, 6) is -0.430. The molecule has 2 heterocycles. The van der Waals surface area contributed by atoms with Crippen molar-refractivity contribution in [1.82, 2.24) is 5.32 Å². The lowest BCUT2D eigenvalue weighted by atomic mass is 9.98. The second-order valence-corrected chi connectivity index (χ2v) is 4.08. The monoisotopic (exact) mass is 187 g/mol. The van der Waals surface area contributed by atoms with E-state index in [0.29, 0.717) is 12.6 Å². The molecule has 0 aromatic heterocycles. The molecular formula is C9H17NO3. The zero-order chi connectivity index (χ0) is 9.47. The Labute approximate surface area is 78.5 Å². The summed E-state index contributed by atoms with van der Waals surface area (Å²) in [6.45, 7) is 5.45. The highest BCUT2D eigenvalue weighted by atomic mass is 16.7. The Bertz CT molecular complexity index is 193. The van der Waals surface area contributed by atoms with Crippen LogP contribution < -0.4 is 5.32 Å². The van der Waals surface area contributed by atoms with E-state index in [2.05, 4.69) is 5.32 Å². The third kappa shape index (κ3) is 1.72. The Kier molecular flexibility index (Phi) is 2.32. The normalized spacial score (nSPS) is 43.2. The molecule has 2 aliphatic rings. The van der Waals surface area contributed by atoms with E-state index < -0.39 is 5.79 Å². The molecule has 3 unspecified atom stereocenters. The van der Waals surface area contributed by atoms with Crippen molar-refractivity contribution in [3.05, 3.63) is 0 Å². The molecule has 2 rings (SSSR count). The second-order valence-electron chi connectivity index (χ2n) is 4.08. The van der Waals surface area contributed by atoms with Crippen molar-refractivity contribution in [3.63, 3.8) is 0 Å². The van der Waals surface area contributed by atoms with Gasteiger partial charge in [-0.1, -0.05) is 0 Å². The van der Waals surface area contributed by atoms with Gasteiger partial charge in [0.2, 0.25) is 0 Å². The predicted molar refractivity (Wildman–Crippen MR) is 47.5 cm³/mol. The minimum atomic E-state index is -0.430. The van der Waals surface area contributed by atoms with E-state index in [0.717, 1.165) is 6.54 Å². The maximum absolute atomic E-state index is 5.72. The molecular weight excluding hydrogens is 170 g/mol. The summed E-state index contributed by atoms with van der Waals surface area (Å²) in [5.41, 5.74) is 0. The molecule has 0 bridgehead atoms. The smallest absolute Gasteiger partial charge is 0.163 e. The van der Waals surface area contributed by atoms with E-state index >= 15 is 0 Å². The lowest BCUT2D eigenvalue weighted by molar-refractivity contribution is -0.152. The van der Waals surface area contributed by atoms with E-state index in [1.165, 1.54) is 0 Å². The number of ether oxygens (including phenoxy) is 3. The average Bonchev–Trinajstić information content (AvgIpc) is 2.29. The number of hydrogen-bond acceptors (Lipinski definition) is 4. The third-order valence-corrected chi connectivity index (χ3v) is 2.69. The Morgan fingerprint density at radius 2 is 2.23 bits per heavy atom. The van der Waals surface area contributed by atoms with Crippen molar-refractivity contribution in [2.45, 2.75) is 37.9 Å². The highest BCUT2D eigenvalue weighted by Gasteiger charge is 2.44. The first-order chi connectivity index (χ1) is 6.12. The molecule has 1 N–H and O–H groups in total. The third-order valence-electron chi connectivity index (χ3n) is 2.69. The van der Waals surface area contributed by atoms with Gasteiger partial charge in [0.1, 0.15) is 6.10 Å². The number of nitrogens with one attached hydrogen (secondary N) is 1. The van der Waals surface area contributed by atoms with Crippen LogP contribution in [-0.4, -0.2) is 44.3 Å². The fourth-order valence-corrected chi connectivity index (χ4v) is 1.84. The fourth-order valence-electron chi connectivity index (χ4n) is 1.84. The molecule has 4 heteroatoms. The van der Waals surface area contributed by atoms with E-state index in [9.17, 15) is 0 Å². The molecule has 3 atom stereocenters. The van der Waals surface area contributed by atoms with Gasteiger partial charge in [0.15, 0.2) is 5.79 Å². The Morgan fingerprint density at radius 3 is 2.62 bits per heavy atom. The predicted octanol–water partition coefficient (Wildman–Crippen LogP) is 0.125. The highest BCUT2D eigenvalue weighted by molar-refractivity contribution is 4.97. The molecule has 2 saturated heterocycles. The quantitative estimate of drug-likeness (QED) is 0.667. The maximum atomic E-state index is 5.72. The van der Waals surface area contributed by atoms with Crippen LogP contribution in [0.25, 0.3) is 0 Å². The Balaban J connectivity index is 1.89. The minimum absolute atomic E-state index is 0.133. The maximum Gasteiger partial charge on any atom is 0.163 e. The topological polar surface area (TPSA) is 39.7 Å². The molecule has 0 radical (unpaired) electrons. The van der Waals surface area contributed by atoms with Crippen LogP contribution in [0.3, 0.4) is 0 Å². The lowest BCUT2D eigenvalue weighted by Crippen LogP contribution is -2.64. The molecule has 13 heavy (non-hydrogen) atoms. The molecule has 0 aromatic carbocycles. The van der Waals surface area contributed by atoms with Gasteiger partial charge in [-0.05, 0) is 13.8 Å². The van der Waals surface area contributed by atoms with Gasteiger partial charge in [0.05, 0.1) is 18.8 Å². The fraction of sp³-hybridized carbons (Fsp3) is 1.00. The second kappa shape index (κ2) is 3.20. The van der Waals surface area contributed by atoms with Crippen LogP contribution >= 0.6 is 0 Å². The van der Waals surface area contributed by atoms with E-state index in [1.807, 2.05) is 13.8 Å². The van der Waals surface area contributed by atoms with Gasteiger partial charge in [0, 0.05) is 13.7 Å². The van der Waals surface area contributed by atoms with Crippen molar-refractivity contribution in [2.24, 2.45) is 0 Å². The van der Waals surface area contributed by atoms with Crippen LogP contribution in [0.2, 0.25) is 0 Å². The number of hydrogen-bond donors (Lipinski definition) is 1. The summed E-state index contributed by atoms with van der Waals surface area (Å²) in [6.07, 6.45) is 0.413. The zero-order valence-electron chi connectivity index (χ0n) is 8.37. The van der Waals surface area contributed by atoms with Crippen LogP contribution in [0, 0.1) is 0 Å². The minimum Gasteiger partial charge on any atom is -0.378 e. The van der Waals surface area contributed by atoms with Gasteiger partial charge in [0.25, 0.3) is 0 Å². The number of rotatable bonds is 2. The Hall–Kier alpha value is -0.160. The number of methoxy groups -OCH3 is 1. The largest absolute Gasteiger partial charge is 0.378 e. The molecule has 0 spiro atoms. The van der Waals surface area contributed by atoms with Gasteiger partial charge in [-0.2, -0.15) is 0 Å². The summed E-state index contributed by atoms with van der Waals surface area (Å²) >= 11 is 0. The molecule has 2 fully saturated rings. The molecule has 76 valence electrons. The van der Waals surface area contributed by atoms with Crippen molar-refractivity contribution in [3.8, 4) is 0 Å². The van der Waals surface area contributed by atoms with Crippen molar-refractivity contribution in [1.29, 1.82) is 0 Å². The van der Waals surface area contributed by atoms with E-state index in [4.69, 9.17) is 14.2 Å². The van der Waals surface area contributed by atoms with Gasteiger partial charge >= 0.3 is 0 Å². The lowest BCUT2D eigenvalue weighted by Gasteiger charge is -2.39. The first-order valence-electron chi connectivity index (χ1n) is 4.70. The first kappa shape index (κ1) is 9.40. The summed E-state index contributed by atoms with van der Waals surface area (Å²) in [7, 11) is 1.74. The van der Waals surface area contributed by atoms with Crippen molar-refractivity contribution < 1.29 is 14.2 Å². The van der Waals surface area contributed by atoms with Gasteiger partial charge in [-0.3, -0.25) is 0 Å². The van der Waals surface area contributed by atoms with Crippen LogP contribution in [0.5, 0.6) is 0 Å². The van der Waals surface area contributed by atoms with Gasteiger partial charge in [-0.15, -0.1) is 0 Å². The average molecular weight is 187 g/mol. The molecule has 0 amide bonds. The summed E-state index contributed by atoms with van der Waals surface area (Å²) in [4.78, 5) is 0. The molecule has 4 nitrogen and oxygen atoms in total. The van der Waals surface area contributed by atoms with Gasteiger partial charge in [-0.25, -0.2) is 0 Å². The van der Waals surface area contributed by atoms with E-state index in [1.54, 1.807) is 7.11 Å². The molecule has 0 aliphatic carbocycles. The highest BCUT2D eigenvalue weighted by Crippen LogP contribution is 2.27. The van der Waals surface area contributed by atoms with Crippen LogP contribution in [0.1, 0.15) is 13.8 Å². The van der Waals surface area contributed by atoms with Gasteiger partial charge < -0.3 is 19.5 Å². The SMILES string of the molecule is COC1CNC1C1COC(C)(C)O1. The summed E-state index contributed by atoms with van der Waals surface area (Å²) in [6, 6.07) is 0.298. The molecule has 0 aromatic rings. The standard InChI is InChI=1S/C9H17NO3/c1-9(2)12-5-7(13-9)8-6(11-3)4-10-8/h6-8,10H,4-5H2,1-3H3. The molecule has 2 aliphatic heterocycles. The van der Waals surface area contributed by atoms with E-state index in [-0.39, 0.29) is 12.2 Å².